The van der Waals surface area contributed by atoms with Gasteiger partial charge in [-0.1, -0.05) is 11.6 Å². The van der Waals surface area contributed by atoms with Crippen LogP contribution in [0.1, 0.15) is 19.3 Å². The van der Waals surface area contributed by atoms with Crippen LogP contribution in [0, 0.1) is 5.41 Å². The topological polar surface area (TPSA) is 82.4 Å². The second-order valence-corrected chi connectivity index (χ2v) is 8.96. The van der Waals surface area contributed by atoms with Crippen molar-refractivity contribution >= 4 is 38.4 Å². The molecule has 0 unspecified atom stereocenters. The molecule has 130 valence electrons. The number of aromatic amines is 1. The van der Waals surface area contributed by atoms with Crippen molar-refractivity contribution in [2.24, 2.45) is 10.6 Å². The lowest BCUT2D eigenvalue weighted by molar-refractivity contribution is 0.235. The molecule has 0 bridgehead atoms. The highest BCUT2D eigenvalue weighted by molar-refractivity contribution is 7.86. The van der Waals surface area contributed by atoms with Crippen LogP contribution in [-0.2, 0) is 10.2 Å². The van der Waals surface area contributed by atoms with Gasteiger partial charge in [-0.2, -0.15) is 12.7 Å². The summed E-state index contributed by atoms with van der Waals surface area (Å²) < 4.78 is 24.6. The zero-order chi connectivity index (χ0) is 16.9. The maximum absolute atomic E-state index is 11.6. The van der Waals surface area contributed by atoms with Crippen molar-refractivity contribution in [2.45, 2.75) is 19.3 Å². The normalized spacial score (nSPS) is 21.8. The van der Waals surface area contributed by atoms with Crippen LogP contribution in [0.5, 0.6) is 0 Å². The highest BCUT2D eigenvalue weighted by Gasteiger charge is 2.43. The fourth-order valence-electron chi connectivity index (χ4n) is 4.12. The number of aromatic nitrogens is 1. The summed E-state index contributed by atoms with van der Waals surface area (Å²) >= 11 is 6.26. The van der Waals surface area contributed by atoms with Crippen LogP contribution >= 0.6 is 11.6 Å². The van der Waals surface area contributed by atoms with Gasteiger partial charge < -0.3 is 9.88 Å². The first-order valence-electron chi connectivity index (χ1n) is 8.16. The Labute approximate surface area is 146 Å². The molecule has 2 aromatic rings. The lowest BCUT2D eigenvalue weighted by Crippen LogP contribution is -2.43. The molecule has 3 N–H and O–H groups in total. The number of hydrogen-bond donors (Lipinski definition) is 2. The monoisotopic (exact) mass is 368 g/mol. The van der Waals surface area contributed by atoms with Crippen LogP contribution < -0.4 is 10.0 Å². The molecule has 0 saturated carbocycles. The molecule has 0 aliphatic carbocycles. The Kier molecular flexibility index (Phi) is 3.80. The third kappa shape index (κ3) is 2.79. The zero-order valence-corrected chi connectivity index (χ0v) is 14.9. The van der Waals surface area contributed by atoms with Gasteiger partial charge in [-0.05, 0) is 42.9 Å². The molecule has 0 radical (unpaired) electrons. The fourth-order valence-corrected chi connectivity index (χ4v) is 5.13. The molecule has 1 aromatic heterocycles. The van der Waals surface area contributed by atoms with E-state index in [1.165, 1.54) is 9.69 Å². The van der Waals surface area contributed by atoms with Crippen LogP contribution in [-0.4, -0.2) is 43.9 Å². The minimum absolute atomic E-state index is 0.0682. The fraction of sp³-hybridized carbons (Fsp3) is 0.500. The minimum atomic E-state index is -3.57. The number of nitrogens with zero attached hydrogens (tertiary/aromatic N) is 2. The first-order valence-corrected chi connectivity index (χ1v) is 10.0. The lowest BCUT2D eigenvalue weighted by atomic mass is 9.77. The molecule has 0 amide bonds. The van der Waals surface area contributed by atoms with E-state index in [1.54, 1.807) is 0 Å². The third-order valence-electron chi connectivity index (χ3n) is 5.54. The van der Waals surface area contributed by atoms with Crippen molar-refractivity contribution in [3.8, 4) is 0 Å². The molecule has 8 heteroatoms. The average Bonchev–Trinajstić information content (AvgIpc) is 3.14. The summed E-state index contributed by atoms with van der Waals surface area (Å²) in [6.07, 6.45) is 4.76. The number of piperidine rings is 1. The molecule has 1 aromatic carbocycles. The summed E-state index contributed by atoms with van der Waals surface area (Å²) in [4.78, 5) is 5.57. The molecule has 6 nitrogen and oxygen atoms in total. The summed E-state index contributed by atoms with van der Waals surface area (Å²) in [5.41, 5.74) is 2.26. The van der Waals surface area contributed by atoms with E-state index in [0.29, 0.717) is 13.1 Å². The number of nitrogens with one attached hydrogen (secondary N) is 1. The van der Waals surface area contributed by atoms with Gasteiger partial charge in [-0.15, -0.1) is 0 Å². The van der Waals surface area contributed by atoms with E-state index in [0.717, 1.165) is 48.6 Å². The number of fused-ring (bicyclic) bond motifs is 1. The second-order valence-electron chi connectivity index (χ2n) is 6.98. The van der Waals surface area contributed by atoms with E-state index in [4.69, 9.17) is 16.7 Å². The molecule has 2 aliphatic rings. The van der Waals surface area contributed by atoms with Gasteiger partial charge in [0.1, 0.15) is 0 Å². The van der Waals surface area contributed by atoms with Crippen molar-refractivity contribution in [3.63, 3.8) is 0 Å². The molecule has 0 atom stereocenters. The average molecular weight is 369 g/mol. The molecule has 24 heavy (non-hydrogen) atoms. The number of benzene rings is 1. The number of halogens is 1. The predicted molar refractivity (Wildman–Crippen MR) is 96.5 cm³/mol. The van der Waals surface area contributed by atoms with E-state index < -0.39 is 10.2 Å². The van der Waals surface area contributed by atoms with Crippen LogP contribution in [0.4, 0.5) is 5.69 Å². The van der Waals surface area contributed by atoms with Gasteiger partial charge in [0.25, 0.3) is 10.2 Å². The first-order chi connectivity index (χ1) is 11.4. The van der Waals surface area contributed by atoms with Gasteiger partial charge in [0.2, 0.25) is 0 Å². The van der Waals surface area contributed by atoms with Gasteiger partial charge in [0, 0.05) is 54.0 Å². The van der Waals surface area contributed by atoms with Crippen molar-refractivity contribution in [3.05, 3.63) is 29.4 Å². The van der Waals surface area contributed by atoms with Crippen molar-refractivity contribution in [1.29, 1.82) is 0 Å². The standard InChI is InChI=1S/C16H21ClN4O2S/c17-12-9-14-13(1-5-19-14)15(10-12)20-6-2-16(3-7-20)4-8-21(11-16)24(18,22)23/h1,5,9-10,19H,2-4,6-8,11H2,(H2,18,22,23). The van der Waals surface area contributed by atoms with Crippen LogP contribution in [0.2, 0.25) is 5.02 Å². The van der Waals surface area contributed by atoms with Gasteiger partial charge in [0.05, 0.1) is 0 Å². The smallest absolute Gasteiger partial charge is 0.276 e. The Morgan fingerprint density at radius 2 is 1.88 bits per heavy atom. The van der Waals surface area contributed by atoms with Gasteiger partial charge in [-0.25, -0.2) is 5.14 Å². The highest BCUT2D eigenvalue weighted by atomic mass is 35.5. The second kappa shape index (κ2) is 5.62. The maximum atomic E-state index is 11.6. The quantitative estimate of drug-likeness (QED) is 0.853. The third-order valence-corrected chi connectivity index (χ3v) is 6.79. The van der Waals surface area contributed by atoms with E-state index in [9.17, 15) is 8.42 Å². The first kappa shape index (κ1) is 16.2. The largest absolute Gasteiger partial charge is 0.371 e. The van der Waals surface area contributed by atoms with Crippen LogP contribution in [0.25, 0.3) is 10.9 Å². The molecule has 1 spiro atoms. The number of nitrogens with two attached hydrogens (primary N) is 1. The summed E-state index contributed by atoms with van der Waals surface area (Å²) in [6.45, 7) is 2.89. The Hall–Kier alpha value is -1.28. The minimum Gasteiger partial charge on any atom is -0.371 e. The zero-order valence-electron chi connectivity index (χ0n) is 13.3. The van der Waals surface area contributed by atoms with Gasteiger partial charge in [0.15, 0.2) is 0 Å². The predicted octanol–water partition coefficient (Wildman–Crippen LogP) is 2.32. The molecule has 2 aliphatic heterocycles. The van der Waals surface area contributed by atoms with Crippen molar-refractivity contribution in [1.82, 2.24) is 9.29 Å². The molecular formula is C16H21ClN4O2S. The van der Waals surface area contributed by atoms with Crippen molar-refractivity contribution < 1.29 is 8.42 Å². The lowest BCUT2D eigenvalue weighted by Gasteiger charge is -2.40. The van der Waals surface area contributed by atoms with E-state index in [-0.39, 0.29) is 5.41 Å². The van der Waals surface area contributed by atoms with Crippen molar-refractivity contribution in [2.75, 3.05) is 31.1 Å². The van der Waals surface area contributed by atoms with Crippen LogP contribution in [0.3, 0.4) is 0 Å². The Morgan fingerprint density at radius 1 is 1.17 bits per heavy atom. The molecule has 2 saturated heterocycles. The maximum Gasteiger partial charge on any atom is 0.276 e. The van der Waals surface area contributed by atoms with E-state index in [2.05, 4.69) is 16.0 Å². The summed E-state index contributed by atoms with van der Waals surface area (Å²) in [5, 5.41) is 7.18. The Morgan fingerprint density at radius 3 is 2.54 bits per heavy atom. The number of H-pyrrole nitrogens is 1. The summed E-state index contributed by atoms with van der Waals surface area (Å²) in [5.74, 6) is 0. The van der Waals surface area contributed by atoms with E-state index in [1.807, 2.05) is 18.3 Å². The number of hydrogen-bond acceptors (Lipinski definition) is 3. The highest BCUT2D eigenvalue weighted by Crippen LogP contribution is 2.43. The SMILES string of the molecule is NS(=O)(=O)N1CCC2(CCN(c3cc(Cl)cc4[nH]ccc34)CC2)C1. The number of rotatable bonds is 2. The number of anilines is 1. The Balaban J connectivity index is 1.53. The summed E-state index contributed by atoms with van der Waals surface area (Å²) in [6, 6.07) is 6.03. The Bertz CT molecular complexity index is 871. The van der Waals surface area contributed by atoms with Crippen LogP contribution in [0.15, 0.2) is 24.4 Å². The van der Waals surface area contributed by atoms with Gasteiger partial charge in [-0.3, -0.25) is 0 Å². The molecule has 2 fully saturated rings. The molecule has 3 heterocycles. The molecule has 4 rings (SSSR count). The van der Waals surface area contributed by atoms with E-state index >= 15 is 0 Å². The summed E-state index contributed by atoms with van der Waals surface area (Å²) in [7, 11) is -3.57. The molecular weight excluding hydrogens is 348 g/mol. The van der Waals surface area contributed by atoms with Gasteiger partial charge >= 0.3 is 0 Å².